The van der Waals surface area contributed by atoms with Gasteiger partial charge in [0, 0.05) is 35.7 Å². The van der Waals surface area contributed by atoms with Gasteiger partial charge in [0.15, 0.2) is 0 Å². The van der Waals surface area contributed by atoms with E-state index >= 15 is 0 Å². The van der Waals surface area contributed by atoms with E-state index in [2.05, 4.69) is 50.4 Å². The smallest absolute Gasteiger partial charge is 0.220 e. The van der Waals surface area contributed by atoms with E-state index in [0.717, 1.165) is 56.2 Å². The first-order valence-corrected chi connectivity index (χ1v) is 8.98. The van der Waals surface area contributed by atoms with Crippen molar-refractivity contribution in [3.63, 3.8) is 0 Å². The average molecular weight is 368 g/mol. The zero-order valence-electron chi connectivity index (χ0n) is 13.1. The highest BCUT2D eigenvalue weighted by atomic mass is 79.9. The molecule has 0 radical (unpaired) electrons. The first kappa shape index (κ1) is 17.3. The van der Waals surface area contributed by atoms with Crippen LogP contribution < -0.4 is 16.0 Å². The number of nitrogens with one attached hydrogen (secondary N) is 1. The lowest BCUT2D eigenvalue weighted by Crippen LogP contribution is -2.36. The SMILES string of the molecule is NCCCCCCC(=O)NC1CCN(c2ccc(Br)cc2)C1. The molecular weight excluding hydrogens is 342 g/mol. The molecule has 1 heterocycles. The van der Waals surface area contributed by atoms with Gasteiger partial charge in [-0.05, 0) is 50.1 Å². The standard InChI is InChI=1S/C17H26BrN3O/c18-14-6-8-16(9-7-14)21-12-10-15(13-21)20-17(22)5-3-1-2-4-11-19/h6-9,15H,1-5,10-13,19H2,(H,20,22). The Hall–Kier alpha value is -1.07. The zero-order chi connectivity index (χ0) is 15.8. The quantitative estimate of drug-likeness (QED) is 0.694. The second-order valence-corrected chi connectivity index (χ2v) is 6.84. The number of carbonyl (C=O) groups is 1. The maximum absolute atomic E-state index is 12.0. The van der Waals surface area contributed by atoms with Gasteiger partial charge >= 0.3 is 0 Å². The van der Waals surface area contributed by atoms with Gasteiger partial charge in [0.25, 0.3) is 0 Å². The van der Waals surface area contributed by atoms with Gasteiger partial charge in [-0.15, -0.1) is 0 Å². The lowest BCUT2D eigenvalue weighted by Gasteiger charge is -2.19. The molecule has 22 heavy (non-hydrogen) atoms. The maximum Gasteiger partial charge on any atom is 0.220 e. The van der Waals surface area contributed by atoms with Gasteiger partial charge < -0.3 is 16.0 Å². The van der Waals surface area contributed by atoms with E-state index in [9.17, 15) is 4.79 Å². The van der Waals surface area contributed by atoms with E-state index in [0.29, 0.717) is 6.42 Å². The largest absolute Gasteiger partial charge is 0.369 e. The minimum atomic E-state index is 0.190. The third kappa shape index (κ3) is 5.61. The number of carbonyl (C=O) groups excluding carboxylic acids is 1. The monoisotopic (exact) mass is 367 g/mol. The van der Waals surface area contributed by atoms with E-state index in [1.54, 1.807) is 0 Å². The van der Waals surface area contributed by atoms with Gasteiger partial charge in [0.05, 0.1) is 0 Å². The number of benzene rings is 1. The van der Waals surface area contributed by atoms with Gasteiger partial charge in [-0.1, -0.05) is 28.8 Å². The Labute approximate surface area is 141 Å². The van der Waals surface area contributed by atoms with Crippen LogP contribution in [0.25, 0.3) is 0 Å². The van der Waals surface area contributed by atoms with Gasteiger partial charge in [0.2, 0.25) is 5.91 Å². The van der Waals surface area contributed by atoms with E-state index in [1.165, 1.54) is 5.69 Å². The summed E-state index contributed by atoms with van der Waals surface area (Å²) in [6, 6.07) is 8.63. The lowest BCUT2D eigenvalue weighted by atomic mass is 10.1. The van der Waals surface area contributed by atoms with Crippen molar-refractivity contribution in [2.24, 2.45) is 5.73 Å². The highest BCUT2D eigenvalue weighted by molar-refractivity contribution is 9.10. The summed E-state index contributed by atoms with van der Waals surface area (Å²) in [7, 11) is 0. The number of amides is 1. The van der Waals surface area contributed by atoms with Crippen LogP contribution in [0.5, 0.6) is 0 Å². The van der Waals surface area contributed by atoms with Crippen LogP contribution in [-0.2, 0) is 4.79 Å². The number of nitrogens with two attached hydrogens (primary N) is 1. The van der Waals surface area contributed by atoms with Crippen molar-refractivity contribution in [3.8, 4) is 0 Å². The van der Waals surface area contributed by atoms with Crippen LogP contribution >= 0.6 is 15.9 Å². The molecule has 2 rings (SSSR count). The lowest BCUT2D eigenvalue weighted by molar-refractivity contribution is -0.121. The summed E-state index contributed by atoms with van der Waals surface area (Å²) in [6.07, 6.45) is 5.92. The molecule has 122 valence electrons. The molecule has 0 saturated carbocycles. The van der Waals surface area contributed by atoms with Crippen molar-refractivity contribution in [1.29, 1.82) is 0 Å². The van der Waals surface area contributed by atoms with Crippen molar-refractivity contribution in [2.45, 2.75) is 44.6 Å². The minimum absolute atomic E-state index is 0.190. The van der Waals surface area contributed by atoms with Crippen molar-refractivity contribution < 1.29 is 4.79 Å². The molecule has 0 spiro atoms. The molecule has 0 aliphatic carbocycles. The van der Waals surface area contributed by atoms with Crippen LogP contribution in [-0.4, -0.2) is 31.6 Å². The summed E-state index contributed by atoms with van der Waals surface area (Å²) in [6.45, 7) is 2.66. The second kappa shape index (κ2) is 9.16. The molecule has 1 atom stereocenters. The third-order valence-electron chi connectivity index (χ3n) is 4.10. The topological polar surface area (TPSA) is 58.4 Å². The molecule has 1 fully saturated rings. The number of hydrogen-bond donors (Lipinski definition) is 2. The third-order valence-corrected chi connectivity index (χ3v) is 4.63. The van der Waals surface area contributed by atoms with Crippen molar-refractivity contribution in [1.82, 2.24) is 5.32 Å². The Balaban J connectivity index is 1.67. The number of hydrogen-bond acceptors (Lipinski definition) is 3. The predicted octanol–water partition coefficient (Wildman–Crippen LogP) is 3.05. The van der Waals surface area contributed by atoms with E-state index in [1.807, 2.05) is 0 Å². The highest BCUT2D eigenvalue weighted by Crippen LogP contribution is 2.22. The van der Waals surface area contributed by atoms with Gasteiger partial charge in [-0.25, -0.2) is 0 Å². The summed E-state index contributed by atoms with van der Waals surface area (Å²) in [5, 5.41) is 3.17. The van der Waals surface area contributed by atoms with Gasteiger partial charge in [-0.2, -0.15) is 0 Å². The fourth-order valence-corrected chi connectivity index (χ4v) is 3.11. The number of unbranched alkanes of at least 4 members (excludes halogenated alkanes) is 3. The van der Waals surface area contributed by atoms with Crippen LogP contribution in [0, 0.1) is 0 Å². The van der Waals surface area contributed by atoms with Crippen LogP contribution in [0.2, 0.25) is 0 Å². The molecule has 1 aromatic rings. The van der Waals surface area contributed by atoms with Crippen molar-refractivity contribution in [3.05, 3.63) is 28.7 Å². The van der Waals surface area contributed by atoms with E-state index in [-0.39, 0.29) is 11.9 Å². The first-order valence-electron chi connectivity index (χ1n) is 8.19. The summed E-state index contributed by atoms with van der Waals surface area (Å²) in [4.78, 5) is 14.3. The number of rotatable bonds is 8. The van der Waals surface area contributed by atoms with Gasteiger partial charge in [-0.3, -0.25) is 4.79 Å². The fourth-order valence-electron chi connectivity index (χ4n) is 2.85. The Morgan fingerprint density at radius 1 is 1.23 bits per heavy atom. The second-order valence-electron chi connectivity index (χ2n) is 5.93. The molecule has 1 aromatic carbocycles. The molecular formula is C17H26BrN3O. The summed E-state index contributed by atoms with van der Waals surface area (Å²) in [5.74, 6) is 0.190. The molecule has 3 N–H and O–H groups in total. The highest BCUT2D eigenvalue weighted by Gasteiger charge is 2.23. The Morgan fingerprint density at radius 2 is 1.95 bits per heavy atom. The summed E-state index contributed by atoms with van der Waals surface area (Å²) >= 11 is 3.46. The Morgan fingerprint density at radius 3 is 2.68 bits per heavy atom. The molecule has 0 bridgehead atoms. The van der Waals surface area contributed by atoms with Crippen LogP contribution in [0.4, 0.5) is 5.69 Å². The summed E-state index contributed by atoms with van der Waals surface area (Å²) in [5.41, 5.74) is 6.69. The molecule has 0 aromatic heterocycles. The van der Waals surface area contributed by atoms with Crippen LogP contribution in [0.15, 0.2) is 28.7 Å². The molecule has 1 unspecified atom stereocenters. The number of anilines is 1. The predicted molar refractivity (Wildman–Crippen MR) is 95.0 cm³/mol. The first-order chi connectivity index (χ1) is 10.7. The number of nitrogens with zero attached hydrogens (tertiary/aromatic N) is 1. The molecule has 1 saturated heterocycles. The molecule has 1 amide bonds. The van der Waals surface area contributed by atoms with E-state index in [4.69, 9.17) is 5.73 Å². The Bertz CT molecular complexity index is 463. The van der Waals surface area contributed by atoms with Crippen molar-refractivity contribution in [2.75, 3.05) is 24.5 Å². The van der Waals surface area contributed by atoms with Crippen LogP contribution in [0.3, 0.4) is 0 Å². The van der Waals surface area contributed by atoms with Crippen molar-refractivity contribution >= 4 is 27.5 Å². The fraction of sp³-hybridized carbons (Fsp3) is 0.588. The molecule has 4 nitrogen and oxygen atoms in total. The zero-order valence-corrected chi connectivity index (χ0v) is 14.6. The summed E-state index contributed by atoms with van der Waals surface area (Å²) < 4.78 is 1.09. The Kier molecular flexibility index (Phi) is 7.19. The minimum Gasteiger partial charge on any atom is -0.369 e. The van der Waals surface area contributed by atoms with E-state index < -0.39 is 0 Å². The molecule has 1 aliphatic heterocycles. The molecule has 1 aliphatic rings. The average Bonchev–Trinajstić information content (AvgIpc) is 2.96. The number of halogens is 1. The normalized spacial score (nSPS) is 17.7. The maximum atomic E-state index is 12.0. The molecule has 5 heteroatoms. The van der Waals surface area contributed by atoms with Gasteiger partial charge in [0.1, 0.15) is 0 Å². The van der Waals surface area contributed by atoms with Crippen LogP contribution in [0.1, 0.15) is 38.5 Å².